The number of ether oxygens (including phenoxy) is 1. The van der Waals surface area contributed by atoms with Crippen LogP contribution in [0.2, 0.25) is 10.0 Å². The van der Waals surface area contributed by atoms with Crippen LogP contribution in [0.3, 0.4) is 0 Å². The van der Waals surface area contributed by atoms with Gasteiger partial charge in [0.1, 0.15) is 10.8 Å². The van der Waals surface area contributed by atoms with E-state index < -0.39 is 0 Å². The van der Waals surface area contributed by atoms with Crippen molar-refractivity contribution in [2.75, 3.05) is 5.32 Å². The van der Waals surface area contributed by atoms with E-state index in [1.54, 1.807) is 30.3 Å². The number of nitrogens with zero attached hydrogens (tertiary/aromatic N) is 1. The van der Waals surface area contributed by atoms with E-state index in [1.165, 1.54) is 6.20 Å². The van der Waals surface area contributed by atoms with Crippen LogP contribution in [0.5, 0.6) is 11.6 Å². The van der Waals surface area contributed by atoms with Gasteiger partial charge in [-0.1, -0.05) is 23.2 Å². The van der Waals surface area contributed by atoms with Crippen molar-refractivity contribution in [3.8, 4) is 11.6 Å². The molecule has 1 aliphatic rings. The maximum atomic E-state index is 12.2. The molecule has 24 heavy (non-hydrogen) atoms. The molecule has 1 aromatic carbocycles. The molecule has 3 N–H and O–H groups in total. The fraction of sp³-hybridized carbons (Fsp3) is 0.294. The van der Waals surface area contributed by atoms with Crippen LogP contribution in [0.4, 0.5) is 5.69 Å². The first-order chi connectivity index (χ1) is 11.5. The SMILES string of the molecule is NC1CCC(C(=O)Nc2ccc(Oc3ncc(Cl)cc3Cl)cc2)C1. The van der Waals surface area contributed by atoms with Crippen LogP contribution >= 0.6 is 23.2 Å². The Hall–Kier alpha value is -1.82. The molecule has 0 aliphatic heterocycles. The molecule has 2 aromatic rings. The summed E-state index contributed by atoms with van der Waals surface area (Å²) >= 11 is 11.8. The van der Waals surface area contributed by atoms with Crippen LogP contribution in [0, 0.1) is 5.92 Å². The second-order valence-electron chi connectivity index (χ2n) is 5.83. The maximum absolute atomic E-state index is 12.2. The van der Waals surface area contributed by atoms with Crippen molar-refractivity contribution < 1.29 is 9.53 Å². The number of amides is 1. The van der Waals surface area contributed by atoms with Gasteiger partial charge in [0.25, 0.3) is 0 Å². The summed E-state index contributed by atoms with van der Waals surface area (Å²) in [7, 11) is 0. The van der Waals surface area contributed by atoms with Crippen LogP contribution in [0.15, 0.2) is 36.5 Å². The zero-order valence-corrected chi connectivity index (χ0v) is 14.3. The first-order valence-corrected chi connectivity index (χ1v) is 8.42. The highest BCUT2D eigenvalue weighted by Gasteiger charge is 2.27. The number of hydrogen-bond donors (Lipinski definition) is 2. The summed E-state index contributed by atoms with van der Waals surface area (Å²) in [4.78, 5) is 16.2. The van der Waals surface area contributed by atoms with E-state index in [4.69, 9.17) is 33.7 Å². The highest BCUT2D eigenvalue weighted by molar-refractivity contribution is 6.35. The molecule has 1 saturated carbocycles. The molecule has 126 valence electrons. The highest BCUT2D eigenvalue weighted by Crippen LogP contribution is 2.30. The van der Waals surface area contributed by atoms with E-state index in [9.17, 15) is 4.79 Å². The molecular weight excluding hydrogens is 349 g/mol. The summed E-state index contributed by atoms with van der Waals surface area (Å²) in [5.41, 5.74) is 6.56. The second-order valence-corrected chi connectivity index (χ2v) is 6.67. The summed E-state index contributed by atoms with van der Waals surface area (Å²) in [6.07, 6.45) is 3.95. The summed E-state index contributed by atoms with van der Waals surface area (Å²) in [5, 5.41) is 3.68. The molecule has 1 heterocycles. The number of anilines is 1. The van der Waals surface area contributed by atoms with Crippen LogP contribution < -0.4 is 15.8 Å². The summed E-state index contributed by atoms with van der Waals surface area (Å²) in [5.74, 6) is 0.845. The Kier molecular flexibility index (Phi) is 5.23. The van der Waals surface area contributed by atoms with Crippen molar-refractivity contribution in [3.05, 3.63) is 46.6 Å². The monoisotopic (exact) mass is 365 g/mol. The normalized spacial score (nSPS) is 20.0. The fourth-order valence-electron chi connectivity index (χ4n) is 2.69. The smallest absolute Gasteiger partial charge is 0.238 e. The third-order valence-electron chi connectivity index (χ3n) is 3.95. The van der Waals surface area contributed by atoms with Crippen molar-refractivity contribution >= 4 is 34.8 Å². The lowest BCUT2D eigenvalue weighted by Gasteiger charge is -2.11. The predicted molar refractivity (Wildman–Crippen MR) is 94.7 cm³/mol. The minimum Gasteiger partial charge on any atom is -0.438 e. The second kappa shape index (κ2) is 7.38. The first-order valence-electron chi connectivity index (χ1n) is 7.66. The Bertz CT molecular complexity index is 737. The van der Waals surface area contributed by atoms with Gasteiger partial charge in [-0.15, -0.1) is 0 Å². The van der Waals surface area contributed by atoms with Crippen molar-refractivity contribution in [1.29, 1.82) is 0 Å². The number of hydrogen-bond acceptors (Lipinski definition) is 4. The largest absolute Gasteiger partial charge is 0.438 e. The zero-order valence-electron chi connectivity index (χ0n) is 12.8. The molecule has 7 heteroatoms. The third kappa shape index (κ3) is 4.17. The van der Waals surface area contributed by atoms with Crippen molar-refractivity contribution in [2.45, 2.75) is 25.3 Å². The van der Waals surface area contributed by atoms with E-state index in [1.807, 2.05) is 0 Å². The topological polar surface area (TPSA) is 77.2 Å². The molecule has 5 nitrogen and oxygen atoms in total. The van der Waals surface area contributed by atoms with Gasteiger partial charge in [0.15, 0.2) is 0 Å². The Labute approximate surface area is 150 Å². The van der Waals surface area contributed by atoms with Crippen molar-refractivity contribution in [2.24, 2.45) is 11.7 Å². The van der Waals surface area contributed by atoms with Crippen molar-refractivity contribution in [1.82, 2.24) is 4.98 Å². The zero-order chi connectivity index (χ0) is 17.1. The minimum atomic E-state index is -0.00648. The molecule has 1 fully saturated rings. The Morgan fingerprint density at radius 2 is 2.00 bits per heavy atom. The average Bonchev–Trinajstić information content (AvgIpc) is 2.98. The van der Waals surface area contributed by atoms with E-state index in [2.05, 4.69) is 10.3 Å². The maximum Gasteiger partial charge on any atom is 0.238 e. The van der Waals surface area contributed by atoms with Gasteiger partial charge in [-0.3, -0.25) is 4.79 Å². The fourth-order valence-corrected chi connectivity index (χ4v) is 3.11. The number of pyridine rings is 1. The van der Waals surface area contributed by atoms with Gasteiger partial charge in [0.05, 0.1) is 5.02 Å². The third-order valence-corrected chi connectivity index (χ3v) is 4.43. The molecule has 1 aliphatic carbocycles. The van der Waals surface area contributed by atoms with Gasteiger partial charge in [0.2, 0.25) is 11.8 Å². The average molecular weight is 366 g/mol. The quantitative estimate of drug-likeness (QED) is 0.848. The lowest BCUT2D eigenvalue weighted by Crippen LogP contribution is -2.23. The molecule has 3 rings (SSSR count). The molecular formula is C17H17Cl2N3O2. The molecule has 1 amide bonds. The first kappa shape index (κ1) is 17.0. The Morgan fingerprint density at radius 1 is 1.25 bits per heavy atom. The highest BCUT2D eigenvalue weighted by atomic mass is 35.5. The molecule has 2 unspecified atom stereocenters. The van der Waals surface area contributed by atoms with Gasteiger partial charge in [-0.25, -0.2) is 4.98 Å². The Balaban J connectivity index is 1.62. The number of nitrogens with two attached hydrogens (primary N) is 1. The van der Waals surface area contributed by atoms with Crippen molar-refractivity contribution in [3.63, 3.8) is 0 Å². The van der Waals surface area contributed by atoms with Gasteiger partial charge in [-0.05, 0) is 49.6 Å². The molecule has 0 bridgehead atoms. The summed E-state index contributed by atoms with van der Waals surface area (Å²) < 4.78 is 5.61. The van der Waals surface area contributed by atoms with Crippen LogP contribution in [-0.4, -0.2) is 16.9 Å². The Morgan fingerprint density at radius 3 is 2.62 bits per heavy atom. The van der Waals surface area contributed by atoms with Crippen LogP contribution in [0.25, 0.3) is 0 Å². The molecule has 1 aromatic heterocycles. The molecule has 2 atom stereocenters. The van der Waals surface area contributed by atoms with E-state index in [0.29, 0.717) is 21.5 Å². The summed E-state index contributed by atoms with van der Waals surface area (Å²) in [6, 6.07) is 8.71. The number of halogens is 2. The van der Waals surface area contributed by atoms with Gasteiger partial charge in [-0.2, -0.15) is 0 Å². The van der Waals surface area contributed by atoms with E-state index in [-0.39, 0.29) is 23.7 Å². The van der Waals surface area contributed by atoms with Gasteiger partial charge < -0.3 is 15.8 Å². The predicted octanol–water partition coefficient (Wildman–Crippen LogP) is 4.25. The minimum absolute atomic E-state index is 0.00648. The molecule has 0 spiro atoms. The van der Waals surface area contributed by atoms with E-state index in [0.717, 1.165) is 19.3 Å². The number of carbonyl (C=O) groups excluding carboxylic acids is 1. The molecule has 0 saturated heterocycles. The lowest BCUT2D eigenvalue weighted by atomic mass is 10.1. The van der Waals surface area contributed by atoms with Gasteiger partial charge >= 0.3 is 0 Å². The van der Waals surface area contributed by atoms with E-state index >= 15 is 0 Å². The number of carbonyl (C=O) groups is 1. The lowest BCUT2D eigenvalue weighted by molar-refractivity contribution is -0.119. The number of nitrogens with one attached hydrogen (secondary N) is 1. The van der Waals surface area contributed by atoms with Gasteiger partial charge in [0, 0.05) is 23.8 Å². The summed E-state index contributed by atoms with van der Waals surface area (Å²) in [6.45, 7) is 0. The standard InChI is InChI=1S/C17H17Cl2N3O2/c18-11-8-15(19)17(21-9-11)24-14-5-3-13(4-6-14)22-16(23)10-1-2-12(20)7-10/h3-6,8-10,12H,1-2,7,20H2,(H,22,23). The molecule has 0 radical (unpaired) electrons. The number of aromatic nitrogens is 1. The van der Waals surface area contributed by atoms with Crippen LogP contribution in [0.1, 0.15) is 19.3 Å². The number of rotatable bonds is 4. The number of benzene rings is 1. The van der Waals surface area contributed by atoms with Crippen LogP contribution in [-0.2, 0) is 4.79 Å².